The van der Waals surface area contributed by atoms with E-state index < -0.39 is 33.2 Å². The molecule has 3 saturated carbocycles. The molecule has 9 nitrogen and oxygen atoms in total. The van der Waals surface area contributed by atoms with Crippen molar-refractivity contribution in [2.24, 2.45) is 34.0 Å². The Morgan fingerprint density at radius 2 is 1.95 bits per heavy atom. The third-order valence-corrected chi connectivity index (χ3v) is 10.6. The summed E-state index contributed by atoms with van der Waals surface area (Å²) in [6, 6.07) is 1.78. The van der Waals surface area contributed by atoms with E-state index in [0.717, 1.165) is 24.2 Å². The lowest BCUT2D eigenvalue weighted by atomic mass is 9.44. The van der Waals surface area contributed by atoms with E-state index >= 15 is 0 Å². The topological polar surface area (TPSA) is 157 Å². The number of hydrogen-bond acceptors (Lipinski definition) is 9. The molecule has 218 valence electrons. The van der Waals surface area contributed by atoms with E-state index in [1.807, 2.05) is 13.0 Å². The molecule has 3 aliphatic carbocycles. The minimum atomic E-state index is -3.67. The molecule has 3 aliphatic rings. The van der Waals surface area contributed by atoms with Gasteiger partial charge in [-0.05, 0) is 49.0 Å². The zero-order valence-corrected chi connectivity index (χ0v) is 25.1. The fraction of sp³-hybridized carbons (Fsp3) is 0.679. The Morgan fingerprint density at radius 1 is 1.31 bits per heavy atom. The number of nitrogen functional groups attached to an aromatic ring is 1. The van der Waals surface area contributed by atoms with E-state index in [1.165, 1.54) is 11.8 Å². The molecule has 1 heterocycles. The van der Waals surface area contributed by atoms with Crippen molar-refractivity contribution in [1.29, 1.82) is 0 Å². The number of nitrogens with two attached hydrogens (primary N) is 1. The Bertz CT molecular complexity index is 1200. The smallest absolute Gasteiger partial charge is 0.316 e. The fourth-order valence-corrected chi connectivity index (χ4v) is 8.06. The summed E-state index contributed by atoms with van der Waals surface area (Å²) in [7, 11) is -3.67. The number of aromatic nitrogens is 1. The number of thioether (sulfide) groups is 1. The second-order valence-electron chi connectivity index (χ2n) is 12.0. The van der Waals surface area contributed by atoms with Crippen molar-refractivity contribution >= 4 is 39.3 Å². The van der Waals surface area contributed by atoms with Crippen LogP contribution in [-0.2, 0) is 24.4 Å². The highest BCUT2D eigenvalue weighted by atomic mass is 32.2. The maximum atomic E-state index is 13.4. The van der Waals surface area contributed by atoms with Gasteiger partial charge in [0, 0.05) is 40.5 Å². The summed E-state index contributed by atoms with van der Waals surface area (Å²) in [5.74, 6) is 0.0132. The number of anilines is 1. The van der Waals surface area contributed by atoms with Crippen molar-refractivity contribution in [3.63, 3.8) is 0 Å². The summed E-state index contributed by atoms with van der Waals surface area (Å²) in [6.45, 7) is 12.5. The zero-order valence-electron chi connectivity index (χ0n) is 23.4. The van der Waals surface area contributed by atoms with Crippen molar-refractivity contribution in [1.82, 2.24) is 4.98 Å². The average Bonchev–Trinajstić information content (AvgIpc) is 3.20. The lowest BCUT2D eigenvalue weighted by Gasteiger charge is -2.61. The summed E-state index contributed by atoms with van der Waals surface area (Å²) in [4.78, 5) is 31.4. The molecule has 1 aromatic heterocycles. The van der Waals surface area contributed by atoms with E-state index in [9.17, 15) is 23.1 Å². The number of pyridine rings is 1. The molecule has 11 heteroatoms. The molecule has 0 radical (unpaired) electrons. The van der Waals surface area contributed by atoms with Crippen molar-refractivity contribution in [2.45, 2.75) is 76.9 Å². The van der Waals surface area contributed by atoms with E-state index in [0.29, 0.717) is 24.8 Å². The lowest BCUT2D eigenvalue weighted by molar-refractivity contribution is -0.205. The number of carbonyl (C=O) groups is 2. The monoisotopic (exact) mass is 582 g/mol. The van der Waals surface area contributed by atoms with Gasteiger partial charge in [-0.25, -0.2) is 0 Å². The summed E-state index contributed by atoms with van der Waals surface area (Å²) >= 11 is 1.34. The van der Waals surface area contributed by atoms with Crippen LogP contribution in [0.25, 0.3) is 0 Å². The van der Waals surface area contributed by atoms with Gasteiger partial charge in [-0.1, -0.05) is 33.8 Å². The van der Waals surface area contributed by atoms with Gasteiger partial charge in [0.25, 0.3) is 10.1 Å². The number of aliphatic hydroxyl groups is 1. The largest absolute Gasteiger partial charge is 0.461 e. The second kappa shape index (κ2) is 11.5. The number of ether oxygens (including phenoxy) is 1. The highest BCUT2D eigenvalue weighted by Gasteiger charge is 2.68. The number of hydrogen-bond donors (Lipinski definition) is 3. The molecule has 0 aromatic carbocycles. The molecule has 2 bridgehead atoms. The molecule has 1 aromatic rings. The van der Waals surface area contributed by atoms with Crippen molar-refractivity contribution in [3.05, 3.63) is 31.1 Å². The quantitative estimate of drug-likeness (QED) is 0.199. The molecule has 3 fully saturated rings. The van der Waals surface area contributed by atoms with Gasteiger partial charge in [0.15, 0.2) is 0 Å². The van der Waals surface area contributed by atoms with E-state index in [2.05, 4.69) is 32.3 Å². The molecule has 1 unspecified atom stereocenters. The van der Waals surface area contributed by atoms with Crippen molar-refractivity contribution in [3.8, 4) is 0 Å². The van der Waals surface area contributed by atoms with Crippen LogP contribution in [0.15, 0.2) is 36.0 Å². The maximum Gasteiger partial charge on any atom is 0.316 e. The minimum absolute atomic E-state index is 0.0398. The van der Waals surface area contributed by atoms with Crippen LogP contribution in [0.5, 0.6) is 0 Å². The van der Waals surface area contributed by atoms with Crippen LogP contribution in [0.1, 0.15) is 59.8 Å². The number of rotatable bonds is 5. The lowest BCUT2D eigenvalue weighted by Crippen LogP contribution is -2.63. The number of ketones is 1. The molecule has 4 rings (SSSR count). The van der Waals surface area contributed by atoms with Crippen molar-refractivity contribution in [2.75, 3.05) is 17.7 Å². The molecule has 0 spiro atoms. The summed E-state index contributed by atoms with van der Waals surface area (Å²) in [6.07, 6.45) is 8.27. The third kappa shape index (κ3) is 6.36. The SMILES string of the molecule is C=C[C@]1(C)C[C@@H](OC(=O)CSc2cncc(N)c2)[C@@]2(C)C3C(=O)CC[C@@]3(CC[C@H]2C)[C@@H](C)[C@@H]1O.CS(=O)(=O)O. The zero-order chi connectivity index (χ0) is 29.4. The maximum absolute atomic E-state index is 13.4. The highest BCUT2D eigenvalue weighted by molar-refractivity contribution is 8.00. The van der Waals surface area contributed by atoms with Gasteiger partial charge in [0.1, 0.15) is 11.9 Å². The first-order valence-corrected chi connectivity index (χ1v) is 16.1. The van der Waals surface area contributed by atoms with Gasteiger partial charge in [-0.15, -0.1) is 18.3 Å². The molecular weight excluding hydrogens is 540 g/mol. The van der Waals surface area contributed by atoms with Crippen LogP contribution in [0.3, 0.4) is 0 Å². The normalized spacial score (nSPS) is 37.9. The van der Waals surface area contributed by atoms with E-state index in [-0.39, 0.29) is 40.7 Å². The number of nitrogens with zero attached hydrogens (tertiary/aromatic N) is 1. The summed E-state index contributed by atoms with van der Waals surface area (Å²) < 4.78 is 32.1. The Kier molecular flexibility index (Phi) is 9.31. The highest BCUT2D eigenvalue weighted by Crippen LogP contribution is 2.68. The van der Waals surface area contributed by atoms with E-state index in [1.54, 1.807) is 18.5 Å². The van der Waals surface area contributed by atoms with Crippen LogP contribution in [0.4, 0.5) is 5.69 Å². The molecule has 0 saturated heterocycles. The second-order valence-corrected chi connectivity index (χ2v) is 14.6. The van der Waals surface area contributed by atoms with Gasteiger partial charge in [-0.2, -0.15) is 8.42 Å². The molecule has 8 atom stereocenters. The van der Waals surface area contributed by atoms with Gasteiger partial charge >= 0.3 is 5.97 Å². The molecule has 0 aliphatic heterocycles. The molecular formula is C28H42N2O7S2. The molecule has 4 N–H and O–H groups in total. The predicted molar refractivity (Wildman–Crippen MR) is 151 cm³/mol. The average molecular weight is 583 g/mol. The Morgan fingerprint density at radius 3 is 2.54 bits per heavy atom. The number of esters is 1. The first-order valence-electron chi connectivity index (χ1n) is 13.3. The van der Waals surface area contributed by atoms with Crippen molar-refractivity contribution < 1.29 is 32.4 Å². The predicted octanol–water partition coefficient (Wildman–Crippen LogP) is 4.17. The first kappa shape index (κ1) is 31.6. The van der Waals surface area contributed by atoms with Crippen LogP contribution in [-0.4, -0.2) is 59.0 Å². The van der Waals surface area contributed by atoms with Crippen LogP contribution in [0, 0.1) is 34.0 Å². The van der Waals surface area contributed by atoms with Gasteiger partial charge in [-0.3, -0.25) is 19.1 Å². The summed E-state index contributed by atoms with van der Waals surface area (Å²) in [5, 5.41) is 11.6. The Hall–Kier alpha value is -1.95. The van der Waals surface area contributed by atoms with Crippen LogP contribution in [0.2, 0.25) is 0 Å². The van der Waals surface area contributed by atoms with Gasteiger partial charge < -0.3 is 15.6 Å². The van der Waals surface area contributed by atoms with Gasteiger partial charge in [0.2, 0.25) is 0 Å². The van der Waals surface area contributed by atoms with Crippen LogP contribution >= 0.6 is 11.8 Å². The number of aliphatic hydroxyl groups excluding tert-OH is 1. The Balaban J connectivity index is 0.000000771. The van der Waals surface area contributed by atoms with E-state index in [4.69, 9.17) is 15.0 Å². The minimum Gasteiger partial charge on any atom is -0.461 e. The molecule has 0 amide bonds. The van der Waals surface area contributed by atoms with Gasteiger partial charge in [0.05, 0.1) is 23.8 Å². The molecule has 39 heavy (non-hydrogen) atoms. The number of Topliss-reactive ketones (excluding diaryl/α,β-unsaturated/α-hetero) is 1. The standard InChI is InChI=1S/C27H38N2O4S.CH4O3S/c1-6-25(4)12-21(33-22(31)15-34-19-11-18(28)13-29-14-19)26(5)16(2)7-9-27(17(3)24(25)32)10-8-20(30)23(26)27;1-5(2,3)4/h6,11,13-14,16-17,21,23-24,32H,1,7-10,12,15,28H2,2-5H3;1H3,(H,2,3,4)/t16-,17+,21-,23?,24+,25-,26+,27+;/m1./s1. The number of carbonyl (C=O) groups excluding carboxylic acids is 2. The Labute approximate surface area is 236 Å². The van der Waals surface area contributed by atoms with Crippen LogP contribution < -0.4 is 5.73 Å². The summed E-state index contributed by atoms with van der Waals surface area (Å²) in [5.41, 5.74) is 4.96. The fourth-order valence-electron chi connectivity index (χ4n) is 7.35. The third-order valence-electron chi connectivity index (χ3n) is 9.67. The first-order chi connectivity index (χ1) is 18.0.